The molecule has 1 N–H and O–H groups in total. The lowest BCUT2D eigenvalue weighted by Crippen LogP contribution is -2.54. The van der Waals surface area contributed by atoms with Gasteiger partial charge in [0.25, 0.3) is 11.8 Å². The Bertz CT molecular complexity index is 885. The highest BCUT2D eigenvalue weighted by atomic mass is 19.4. The van der Waals surface area contributed by atoms with Gasteiger partial charge < -0.3 is 4.42 Å². The maximum atomic E-state index is 12.8. The van der Waals surface area contributed by atoms with E-state index in [-0.39, 0.29) is 11.4 Å². The van der Waals surface area contributed by atoms with Crippen LogP contribution in [0.15, 0.2) is 52.7 Å². The Morgan fingerprint density at radius 1 is 1.08 bits per heavy atom. The molecule has 0 spiro atoms. The standard InChI is InChI=1S/C16H9F3N2O4/c17-16(18,19)9-3-1-4-10(7-9)21-14(23)12(13(22)20-15(21)24)8-11-5-2-6-25-11/h1-8H,(H,20,22,24). The van der Waals surface area contributed by atoms with Crippen molar-refractivity contribution in [2.24, 2.45) is 0 Å². The summed E-state index contributed by atoms with van der Waals surface area (Å²) in [6, 6.07) is 5.54. The van der Waals surface area contributed by atoms with Crippen LogP contribution < -0.4 is 10.2 Å². The summed E-state index contributed by atoms with van der Waals surface area (Å²) in [6.07, 6.45) is -2.23. The minimum absolute atomic E-state index is 0.178. The molecule has 0 atom stereocenters. The number of carbonyl (C=O) groups is 3. The van der Waals surface area contributed by atoms with Crippen molar-refractivity contribution in [3.8, 4) is 0 Å². The molecule has 1 aromatic carbocycles. The van der Waals surface area contributed by atoms with Crippen molar-refractivity contribution >= 4 is 29.6 Å². The van der Waals surface area contributed by atoms with Gasteiger partial charge in [-0.25, -0.2) is 9.69 Å². The van der Waals surface area contributed by atoms with E-state index < -0.39 is 35.2 Å². The number of barbiturate groups is 1. The van der Waals surface area contributed by atoms with Crippen molar-refractivity contribution in [2.75, 3.05) is 4.90 Å². The first kappa shape index (κ1) is 16.5. The molecule has 2 heterocycles. The van der Waals surface area contributed by atoms with E-state index in [2.05, 4.69) is 0 Å². The average Bonchev–Trinajstić information content (AvgIpc) is 3.04. The summed E-state index contributed by atoms with van der Waals surface area (Å²) in [5.41, 5.74) is -1.78. The van der Waals surface area contributed by atoms with Crippen LogP contribution in [0.4, 0.5) is 23.7 Å². The van der Waals surface area contributed by atoms with Gasteiger partial charge in [-0.05, 0) is 36.4 Å². The number of furan rings is 1. The van der Waals surface area contributed by atoms with Crippen molar-refractivity contribution in [3.05, 3.63) is 59.6 Å². The molecular weight excluding hydrogens is 341 g/mol. The van der Waals surface area contributed by atoms with E-state index in [1.807, 2.05) is 5.32 Å². The Morgan fingerprint density at radius 2 is 1.84 bits per heavy atom. The number of alkyl halides is 3. The van der Waals surface area contributed by atoms with Crippen LogP contribution in [0.2, 0.25) is 0 Å². The second-order valence-corrected chi connectivity index (χ2v) is 5.02. The molecule has 1 aliphatic heterocycles. The fraction of sp³-hybridized carbons (Fsp3) is 0.0625. The van der Waals surface area contributed by atoms with Crippen LogP contribution in [0.5, 0.6) is 0 Å². The van der Waals surface area contributed by atoms with Crippen LogP contribution in [0.3, 0.4) is 0 Å². The second-order valence-electron chi connectivity index (χ2n) is 5.02. The Kier molecular flexibility index (Phi) is 3.91. The van der Waals surface area contributed by atoms with Gasteiger partial charge in [0.15, 0.2) is 0 Å². The van der Waals surface area contributed by atoms with E-state index in [1.165, 1.54) is 18.4 Å². The zero-order valence-electron chi connectivity index (χ0n) is 12.3. The summed E-state index contributed by atoms with van der Waals surface area (Å²) in [5.74, 6) is -1.84. The third-order valence-corrected chi connectivity index (χ3v) is 3.36. The second kappa shape index (κ2) is 5.93. The third-order valence-electron chi connectivity index (χ3n) is 3.36. The van der Waals surface area contributed by atoms with Gasteiger partial charge in [0.1, 0.15) is 11.3 Å². The molecule has 1 aliphatic rings. The van der Waals surface area contributed by atoms with Crippen LogP contribution in [-0.2, 0) is 15.8 Å². The van der Waals surface area contributed by atoms with Gasteiger partial charge in [-0.3, -0.25) is 14.9 Å². The van der Waals surface area contributed by atoms with Crippen molar-refractivity contribution in [1.82, 2.24) is 5.32 Å². The number of nitrogens with one attached hydrogen (secondary N) is 1. The number of amides is 4. The molecule has 25 heavy (non-hydrogen) atoms. The zero-order valence-corrected chi connectivity index (χ0v) is 12.3. The first-order chi connectivity index (χ1) is 11.8. The summed E-state index contributed by atoms with van der Waals surface area (Å²) in [5, 5.41) is 1.92. The van der Waals surface area contributed by atoms with Crippen molar-refractivity contribution in [1.29, 1.82) is 0 Å². The number of imide groups is 2. The van der Waals surface area contributed by atoms with Crippen LogP contribution in [-0.4, -0.2) is 17.8 Å². The van der Waals surface area contributed by atoms with Crippen molar-refractivity contribution in [2.45, 2.75) is 6.18 Å². The molecule has 6 nitrogen and oxygen atoms in total. The number of anilines is 1. The number of hydrogen-bond acceptors (Lipinski definition) is 4. The smallest absolute Gasteiger partial charge is 0.416 e. The fourth-order valence-electron chi connectivity index (χ4n) is 2.23. The van der Waals surface area contributed by atoms with E-state index in [0.29, 0.717) is 11.0 Å². The maximum Gasteiger partial charge on any atom is 0.416 e. The number of hydrogen-bond donors (Lipinski definition) is 1. The molecule has 1 fully saturated rings. The SMILES string of the molecule is O=C1NC(=O)N(c2cccc(C(F)(F)F)c2)C(=O)C1=Cc1ccco1. The molecule has 1 aromatic heterocycles. The molecular formula is C16H9F3N2O4. The summed E-state index contributed by atoms with van der Waals surface area (Å²) in [7, 11) is 0. The van der Waals surface area contributed by atoms with Gasteiger partial charge in [-0.1, -0.05) is 6.07 Å². The largest absolute Gasteiger partial charge is 0.465 e. The quantitative estimate of drug-likeness (QED) is 0.667. The summed E-state index contributed by atoms with van der Waals surface area (Å²) in [6.45, 7) is 0. The summed E-state index contributed by atoms with van der Waals surface area (Å²) < 4.78 is 43.5. The molecule has 3 rings (SSSR count). The molecule has 9 heteroatoms. The first-order valence-corrected chi connectivity index (χ1v) is 6.89. The number of urea groups is 1. The number of nitrogens with zero attached hydrogens (tertiary/aromatic N) is 1. The maximum absolute atomic E-state index is 12.8. The summed E-state index contributed by atoms with van der Waals surface area (Å²) in [4.78, 5) is 36.8. The highest BCUT2D eigenvalue weighted by Crippen LogP contribution is 2.32. The van der Waals surface area contributed by atoms with E-state index >= 15 is 0 Å². The Morgan fingerprint density at radius 3 is 2.48 bits per heavy atom. The highest BCUT2D eigenvalue weighted by Gasteiger charge is 2.38. The lowest BCUT2D eigenvalue weighted by molar-refractivity contribution is -0.137. The van der Waals surface area contributed by atoms with E-state index in [4.69, 9.17) is 4.42 Å². The van der Waals surface area contributed by atoms with Crippen LogP contribution >= 0.6 is 0 Å². The molecule has 1 saturated heterocycles. The van der Waals surface area contributed by atoms with E-state index in [9.17, 15) is 27.6 Å². The third kappa shape index (κ3) is 3.16. The molecule has 0 saturated carbocycles. The number of rotatable bonds is 2. The van der Waals surface area contributed by atoms with Gasteiger partial charge in [-0.15, -0.1) is 0 Å². The van der Waals surface area contributed by atoms with Gasteiger partial charge >= 0.3 is 12.2 Å². The van der Waals surface area contributed by atoms with Crippen LogP contribution in [0.1, 0.15) is 11.3 Å². The number of benzene rings is 1. The lowest BCUT2D eigenvalue weighted by Gasteiger charge is -2.26. The monoisotopic (exact) mass is 350 g/mol. The van der Waals surface area contributed by atoms with Gasteiger partial charge in [0.05, 0.1) is 17.5 Å². The minimum Gasteiger partial charge on any atom is -0.465 e. The minimum atomic E-state index is -4.64. The Labute approximate surface area is 138 Å². The van der Waals surface area contributed by atoms with Crippen LogP contribution in [0.25, 0.3) is 6.08 Å². The zero-order chi connectivity index (χ0) is 18.2. The molecule has 128 valence electrons. The topological polar surface area (TPSA) is 79.6 Å². The number of carbonyl (C=O) groups excluding carboxylic acids is 3. The summed E-state index contributed by atoms with van der Waals surface area (Å²) >= 11 is 0. The van der Waals surface area contributed by atoms with Gasteiger partial charge in [0, 0.05) is 0 Å². The van der Waals surface area contributed by atoms with E-state index in [1.54, 1.807) is 0 Å². The Hall–Kier alpha value is -3.36. The van der Waals surface area contributed by atoms with Crippen molar-refractivity contribution < 1.29 is 32.0 Å². The molecule has 2 aromatic rings. The molecule has 0 radical (unpaired) electrons. The molecule has 0 bridgehead atoms. The molecule has 4 amide bonds. The highest BCUT2D eigenvalue weighted by molar-refractivity contribution is 6.39. The Balaban J connectivity index is 2.03. The predicted octanol–water partition coefficient (Wildman–Crippen LogP) is 2.96. The molecule has 0 aliphatic carbocycles. The average molecular weight is 350 g/mol. The van der Waals surface area contributed by atoms with Crippen molar-refractivity contribution in [3.63, 3.8) is 0 Å². The van der Waals surface area contributed by atoms with Gasteiger partial charge in [-0.2, -0.15) is 13.2 Å². The number of halogens is 3. The predicted molar refractivity (Wildman–Crippen MR) is 79.2 cm³/mol. The first-order valence-electron chi connectivity index (χ1n) is 6.89. The van der Waals surface area contributed by atoms with Crippen LogP contribution in [0, 0.1) is 0 Å². The van der Waals surface area contributed by atoms with E-state index in [0.717, 1.165) is 24.3 Å². The lowest BCUT2D eigenvalue weighted by atomic mass is 10.1. The van der Waals surface area contributed by atoms with Gasteiger partial charge in [0.2, 0.25) is 0 Å². The molecule has 0 unspecified atom stereocenters. The normalized spacial score (nSPS) is 17.2. The fourth-order valence-corrected chi connectivity index (χ4v) is 2.23.